The number of amides is 1. The number of hydrogen-bond donors (Lipinski definition) is 1. The Kier molecular flexibility index (Phi) is 5.45. The minimum absolute atomic E-state index is 0.0288. The maximum Gasteiger partial charge on any atom is 0.250 e. The van der Waals surface area contributed by atoms with E-state index in [1.807, 2.05) is 13.8 Å². The van der Waals surface area contributed by atoms with E-state index in [4.69, 9.17) is 14.2 Å². The first-order valence-electron chi connectivity index (χ1n) is 5.70. The Bertz CT molecular complexity index is 404. The molecule has 0 aliphatic carbocycles. The Morgan fingerprint density at radius 1 is 1.22 bits per heavy atom. The predicted octanol–water partition coefficient (Wildman–Crippen LogP) is 2.07. The van der Waals surface area contributed by atoms with Crippen LogP contribution < -0.4 is 14.8 Å². The van der Waals surface area contributed by atoms with Gasteiger partial charge in [-0.1, -0.05) is 0 Å². The summed E-state index contributed by atoms with van der Waals surface area (Å²) >= 11 is 0. The Balaban J connectivity index is 2.64. The number of hydrogen-bond acceptors (Lipinski definition) is 4. The number of ether oxygens (including phenoxy) is 3. The van der Waals surface area contributed by atoms with Crippen molar-refractivity contribution in [2.75, 3.05) is 26.1 Å². The summed E-state index contributed by atoms with van der Waals surface area (Å²) in [5.41, 5.74) is 0.644. The van der Waals surface area contributed by atoms with Crippen LogP contribution in [-0.4, -0.2) is 32.8 Å². The smallest absolute Gasteiger partial charge is 0.250 e. The fourth-order valence-electron chi connectivity index (χ4n) is 1.35. The zero-order valence-corrected chi connectivity index (χ0v) is 11.1. The molecule has 18 heavy (non-hydrogen) atoms. The SMILES string of the molecule is COc1ccc(NC(=O)COC(C)C)cc1OC. The second kappa shape index (κ2) is 6.86. The molecule has 0 saturated carbocycles. The number of anilines is 1. The summed E-state index contributed by atoms with van der Waals surface area (Å²) in [6.45, 7) is 3.79. The lowest BCUT2D eigenvalue weighted by molar-refractivity contribution is -0.121. The van der Waals surface area contributed by atoms with Crippen LogP contribution in [0, 0.1) is 0 Å². The Morgan fingerprint density at radius 3 is 2.44 bits per heavy atom. The van der Waals surface area contributed by atoms with Crippen LogP contribution >= 0.6 is 0 Å². The highest BCUT2D eigenvalue weighted by Gasteiger charge is 2.08. The Hall–Kier alpha value is -1.75. The van der Waals surface area contributed by atoms with Gasteiger partial charge in [0.2, 0.25) is 5.91 Å². The van der Waals surface area contributed by atoms with Crippen LogP contribution in [0.5, 0.6) is 11.5 Å². The van der Waals surface area contributed by atoms with E-state index in [2.05, 4.69) is 5.32 Å². The largest absolute Gasteiger partial charge is 0.493 e. The average molecular weight is 253 g/mol. The highest BCUT2D eigenvalue weighted by atomic mass is 16.5. The van der Waals surface area contributed by atoms with Crippen LogP contribution in [0.1, 0.15) is 13.8 Å². The molecule has 5 nitrogen and oxygen atoms in total. The van der Waals surface area contributed by atoms with Crippen molar-refractivity contribution in [1.82, 2.24) is 0 Å². The number of carbonyl (C=O) groups is 1. The van der Waals surface area contributed by atoms with Crippen molar-refractivity contribution in [3.63, 3.8) is 0 Å². The first-order valence-corrected chi connectivity index (χ1v) is 5.70. The molecule has 1 N–H and O–H groups in total. The minimum atomic E-state index is -0.198. The summed E-state index contributed by atoms with van der Waals surface area (Å²) in [6.07, 6.45) is 0.0288. The van der Waals surface area contributed by atoms with Gasteiger partial charge in [0.1, 0.15) is 6.61 Å². The van der Waals surface area contributed by atoms with E-state index in [0.29, 0.717) is 17.2 Å². The van der Waals surface area contributed by atoms with Crippen molar-refractivity contribution in [2.24, 2.45) is 0 Å². The number of rotatable bonds is 6. The van der Waals surface area contributed by atoms with E-state index in [0.717, 1.165) is 0 Å². The molecule has 100 valence electrons. The van der Waals surface area contributed by atoms with Crippen LogP contribution in [0.3, 0.4) is 0 Å². The first kappa shape index (κ1) is 14.3. The molecule has 0 unspecified atom stereocenters. The van der Waals surface area contributed by atoms with Crippen LogP contribution in [0.4, 0.5) is 5.69 Å². The third-order valence-electron chi connectivity index (χ3n) is 2.22. The summed E-state index contributed by atoms with van der Waals surface area (Å²) in [6, 6.07) is 5.18. The molecule has 0 aliphatic heterocycles. The molecule has 1 amide bonds. The Morgan fingerprint density at radius 2 is 1.89 bits per heavy atom. The quantitative estimate of drug-likeness (QED) is 0.843. The summed E-state index contributed by atoms with van der Waals surface area (Å²) < 4.78 is 15.5. The topological polar surface area (TPSA) is 56.8 Å². The van der Waals surface area contributed by atoms with Crippen LogP contribution in [0.2, 0.25) is 0 Å². The van der Waals surface area contributed by atoms with Crippen molar-refractivity contribution in [3.8, 4) is 11.5 Å². The molecule has 0 fully saturated rings. The number of carbonyl (C=O) groups excluding carboxylic acids is 1. The summed E-state index contributed by atoms with van der Waals surface area (Å²) in [5.74, 6) is 0.991. The van der Waals surface area contributed by atoms with Crippen molar-refractivity contribution in [2.45, 2.75) is 20.0 Å². The lowest BCUT2D eigenvalue weighted by atomic mass is 10.2. The zero-order chi connectivity index (χ0) is 13.5. The van der Waals surface area contributed by atoms with Gasteiger partial charge >= 0.3 is 0 Å². The second-order valence-corrected chi connectivity index (χ2v) is 3.98. The van der Waals surface area contributed by atoms with Gasteiger partial charge in [0.05, 0.1) is 20.3 Å². The lowest BCUT2D eigenvalue weighted by Crippen LogP contribution is -2.20. The molecular weight excluding hydrogens is 234 g/mol. The molecule has 0 atom stereocenters. The molecule has 1 aromatic rings. The van der Waals surface area contributed by atoms with E-state index in [1.165, 1.54) is 0 Å². The van der Waals surface area contributed by atoms with Crippen molar-refractivity contribution in [3.05, 3.63) is 18.2 Å². The molecule has 0 radical (unpaired) electrons. The van der Waals surface area contributed by atoms with E-state index in [-0.39, 0.29) is 18.6 Å². The summed E-state index contributed by atoms with van der Waals surface area (Å²) in [4.78, 5) is 11.6. The zero-order valence-electron chi connectivity index (χ0n) is 11.1. The van der Waals surface area contributed by atoms with E-state index >= 15 is 0 Å². The normalized spacial score (nSPS) is 10.3. The molecule has 0 heterocycles. The van der Waals surface area contributed by atoms with Gasteiger partial charge in [-0.05, 0) is 26.0 Å². The monoisotopic (exact) mass is 253 g/mol. The molecule has 0 aliphatic rings. The molecule has 0 saturated heterocycles. The minimum Gasteiger partial charge on any atom is -0.493 e. The van der Waals surface area contributed by atoms with Gasteiger partial charge in [0, 0.05) is 11.8 Å². The molecule has 0 bridgehead atoms. The van der Waals surface area contributed by atoms with E-state index in [9.17, 15) is 4.79 Å². The molecule has 1 aromatic carbocycles. The number of nitrogens with one attached hydrogen (secondary N) is 1. The summed E-state index contributed by atoms with van der Waals surface area (Å²) in [5, 5.41) is 2.72. The van der Waals surface area contributed by atoms with Crippen molar-refractivity contribution >= 4 is 11.6 Å². The maximum atomic E-state index is 11.6. The van der Waals surface area contributed by atoms with Gasteiger partial charge in [0.25, 0.3) is 0 Å². The highest BCUT2D eigenvalue weighted by molar-refractivity contribution is 5.92. The maximum absolute atomic E-state index is 11.6. The number of methoxy groups -OCH3 is 2. The third-order valence-corrected chi connectivity index (χ3v) is 2.22. The van der Waals surface area contributed by atoms with Crippen LogP contribution in [0.15, 0.2) is 18.2 Å². The predicted molar refractivity (Wildman–Crippen MR) is 69.3 cm³/mol. The van der Waals surface area contributed by atoms with Gasteiger partial charge in [0.15, 0.2) is 11.5 Å². The Labute approximate surface area is 107 Å². The second-order valence-electron chi connectivity index (χ2n) is 3.98. The van der Waals surface area contributed by atoms with E-state index in [1.54, 1.807) is 32.4 Å². The fourth-order valence-corrected chi connectivity index (χ4v) is 1.35. The summed E-state index contributed by atoms with van der Waals surface area (Å²) in [7, 11) is 3.11. The lowest BCUT2D eigenvalue weighted by Gasteiger charge is -2.11. The first-order chi connectivity index (χ1) is 8.56. The van der Waals surface area contributed by atoms with Gasteiger partial charge in [-0.2, -0.15) is 0 Å². The molecule has 5 heteroatoms. The molecule has 1 rings (SSSR count). The van der Waals surface area contributed by atoms with Crippen LogP contribution in [-0.2, 0) is 9.53 Å². The molecule has 0 spiro atoms. The molecular formula is C13H19NO4. The number of benzene rings is 1. The van der Waals surface area contributed by atoms with Crippen molar-refractivity contribution in [1.29, 1.82) is 0 Å². The van der Waals surface area contributed by atoms with Crippen LogP contribution in [0.25, 0.3) is 0 Å². The van der Waals surface area contributed by atoms with Gasteiger partial charge in [-0.25, -0.2) is 0 Å². The molecule has 0 aromatic heterocycles. The fraction of sp³-hybridized carbons (Fsp3) is 0.462. The van der Waals surface area contributed by atoms with Crippen molar-refractivity contribution < 1.29 is 19.0 Å². The van der Waals surface area contributed by atoms with Gasteiger partial charge in [-0.15, -0.1) is 0 Å². The third kappa shape index (κ3) is 4.25. The van der Waals surface area contributed by atoms with Gasteiger partial charge < -0.3 is 19.5 Å². The van der Waals surface area contributed by atoms with E-state index < -0.39 is 0 Å². The van der Waals surface area contributed by atoms with Gasteiger partial charge in [-0.3, -0.25) is 4.79 Å². The average Bonchev–Trinajstić information content (AvgIpc) is 2.36. The highest BCUT2D eigenvalue weighted by Crippen LogP contribution is 2.29. The standard InChI is InChI=1S/C13H19NO4/c1-9(2)18-8-13(15)14-10-5-6-11(16-3)12(7-10)17-4/h5-7,9H,8H2,1-4H3,(H,14,15).